The van der Waals surface area contributed by atoms with Crippen molar-refractivity contribution >= 4 is 11.9 Å². The zero-order valence-electron chi connectivity index (χ0n) is 12.3. The predicted molar refractivity (Wildman–Crippen MR) is 78.6 cm³/mol. The molecule has 2 N–H and O–H groups in total. The third kappa shape index (κ3) is 4.03. The SMILES string of the molecule is CCC1CC(C(=O)O)C(C(=O)NCCc2cccnc2)C1. The maximum absolute atomic E-state index is 12.2. The van der Waals surface area contributed by atoms with Gasteiger partial charge in [0.25, 0.3) is 0 Å². The molecule has 0 saturated heterocycles. The fraction of sp³-hybridized carbons (Fsp3) is 0.562. The van der Waals surface area contributed by atoms with Crippen LogP contribution in [0.5, 0.6) is 0 Å². The standard InChI is InChI=1S/C16H22N2O3/c1-2-11-8-13(14(9-11)16(20)21)15(19)18-7-5-12-4-3-6-17-10-12/h3-4,6,10-11,13-14H,2,5,7-9H2,1H3,(H,18,19)(H,20,21). The summed E-state index contributed by atoms with van der Waals surface area (Å²) in [5.74, 6) is -1.55. The first-order chi connectivity index (χ1) is 10.1. The summed E-state index contributed by atoms with van der Waals surface area (Å²) in [4.78, 5) is 27.5. The number of hydrogen-bond acceptors (Lipinski definition) is 3. The van der Waals surface area contributed by atoms with Gasteiger partial charge in [0.2, 0.25) is 5.91 Å². The van der Waals surface area contributed by atoms with E-state index in [2.05, 4.69) is 10.3 Å². The van der Waals surface area contributed by atoms with Crippen LogP contribution < -0.4 is 5.32 Å². The van der Waals surface area contributed by atoms with E-state index in [0.29, 0.717) is 31.7 Å². The molecule has 3 unspecified atom stereocenters. The number of aliphatic carboxylic acids is 1. The van der Waals surface area contributed by atoms with Gasteiger partial charge < -0.3 is 10.4 Å². The summed E-state index contributed by atoms with van der Waals surface area (Å²) in [6.45, 7) is 2.57. The molecule has 21 heavy (non-hydrogen) atoms. The van der Waals surface area contributed by atoms with E-state index in [1.54, 1.807) is 12.4 Å². The molecule has 0 aliphatic heterocycles. The predicted octanol–water partition coefficient (Wildman–Crippen LogP) is 1.88. The van der Waals surface area contributed by atoms with Crippen molar-refractivity contribution < 1.29 is 14.7 Å². The van der Waals surface area contributed by atoms with Gasteiger partial charge in [0.15, 0.2) is 0 Å². The van der Waals surface area contributed by atoms with E-state index >= 15 is 0 Å². The molecule has 5 nitrogen and oxygen atoms in total. The molecule has 2 rings (SSSR count). The maximum Gasteiger partial charge on any atom is 0.307 e. The largest absolute Gasteiger partial charge is 0.481 e. The molecule has 0 aromatic carbocycles. The van der Waals surface area contributed by atoms with Crippen LogP contribution >= 0.6 is 0 Å². The molecule has 1 aromatic rings. The normalized spacial score (nSPS) is 24.7. The highest BCUT2D eigenvalue weighted by molar-refractivity contribution is 5.85. The van der Waals surface area contributed by atoms with Crippen molar-refractivity contribution in [2.24, 2.45) is 17.8 Å². The highest BCUT2D eigenvalue weighted by atomic mass is 16.4. The molecule has 1 fully saturated rings. The molecule has 1 heterocycles. The lowest BCUT2D eigenvalue weighted by atomic mass is 9.95. The lowest BCUT2D eigenvalue weighted by molar-refractivity contribution is -0.146. The lowest BCUT2D eigenvalue weighted by Crippen LogP contribution is -2.36. The highest BCUT2D eigenvalue weighted by Crippen LogP contribution is 2.38. The summed E-state index contributed by atoms with van der Waals surface area (Å²) in [5.41, 5.74) is 1.06. The van der Waals surface area contributed by atoms with Crippen LogP contribution in [0.2, 0.25) is 0 Å². The van der Waals surface area contributed by atoms with Crippen molar-refractivity contribution in [2.45, 2.75) is 32.6 Å². The summed E-state index contributed by atoms with van der Waals surface area (Å²) >= 11 is 0. The summed E-state index contributed by atoms with van der Waals surface area (Å²) in [6.07, 6.45) is 6.43. The van der Waals surface area contributed by atoms with Crippen molar-refractivity contribution in [3.63, 3.8) is 0 Å². The number of aromatic nitrogens is 1. The first-order valence-electron chi connectivity index (χ1n) is 7.51. The van der Waals surface area contributed by atoms with Crippen LogP contribution in [0.3, 0.4) is 0 Å². The number of rotatable bonds is 6. The number of carbonyl (C=O) groups excluding carboxylic acids is 1. The summed E-state index contributed by atoms with van der Waals surface area (Å²) in [7, 11) is 0. The Kier molecular flexibility index (Phi) is 5.31. The van der Waals surface area contributed by atoms with Crippen LogP contribution in [0, 0.1) is 17.8 Å². The van der Waals surface area contributed by atoms with E-state index in [0.717, 1.165) is 12.0 Å². The van der Waals surface area contributed by atoms with Crippen molar-refractivity contribution in [1.29, 1.82) is 0 Å². The quantitative estimate of drug-likeness (QED) is 0.838. The Morgan fingerprint density at radius 2 is 2.14 bits per heavy atom. The molecule has 1 amide bonds. The highest BCUT2D eigenvalue weighted by Gasteiger charge is 2.41. The molecule has 114 valence electrons. The van der Waals surface area contributed by atoms with E-state index in [9.17, 15) is 14.7 Å². The van der Waals surface area contributed by atoms with E-state index in [1.165, 1.54) is 0 Å². The van der Waals surface area contributed by atoms with E-state index in [1.807, 2.05) is 19.1 Å². The van der Waals surface area contributed by atoms with Crippen LogP contribution in [0.4, 0.5) is 0 Å². The number of nitrogens with zero attached hydrogens (tertiary/aromatic N) is 1. The average molecular weight is 290 g/mol. The Balaban J connectivity index is 1.85. The zero-order chi connectivity index (χ0) is 15.2. The average Bonchev–Trinajstić information content (AvgIpc) is 2.93. The first kappa shape index (κ1) is 15.5. The first-order valence-corrected chi connectivity index (χ1v) is 7.51. The number of hydrogen-bond donors (Lipinski definition) is 2. The molecular weight excluding hydrogens is 268 g/mol. The van der Waals surface area contributed by atoms with E-state index in [4.69, 9.17) is 0 Å². The molecule has 1 saturated carbocycles. The minimum Gasteiger partial charge on any atom is -0.481 e. The number of carbonyl (C=O) groups is 2. The number of carboxylic acid groups (broad SMARTS) is 1. The van der Waals surface area contributed by atoms with Crippen molar-refractivity contribution in [3.8, 4) is 0 Å². The fourth-order valence-electron chi connectivity index (χ4n) is 3.05. The molecule has 0 bridgehead atoms. The smallest absolute Gasteiger partial charge is 0.307 e. The van der Waals surface area contributed by atoms with Gasteiger partial charge in [-0.2, -0.15) is 0 Å². The maximum atomic E-state index is 12.2. The molecule has 1 aliphatic rings. The van der Waals surface area contributed by atoms with Gasteiger partial charge >= 0.3 is 5.97 Å². The van der Waals surface area contributed by atoms with Gasteiger partial charge in [0.05, 0.1) is 11.8 Å². The van der Waals surface area contributed by atoms with Crippen molar-refractivity contribution in [1.82, 2.24) is 10.3 Å². The fourth-order valence-corrected chi connectivity index (χ4v) is 3.05. The van der Waals surface area contributed by atoms with Gasteiger partial charge in [-0.3, -0.25) is 14.6 Å². The van der Waals surface area contributed by atoms with Gasteiger partial charge in [0.1, 0.15) is 0 Å². The Labute approximate surface area is 124 Å². The Morgan fingerprint density at radius 1 is 1.38 bits per heavy atom. The second-order valence-electron chi connectivity index (χ2n) is 5.70. The van der Waals surface area contributed by atoms with Crippen LogP contribution in [0.15, 0.2) is 24.5 Å². The topological polar surface area (TPSA) is 79.3 Å². The van der Waals surface area contributed by atoms with Crippen LogP contribution in [-0.2, 0) is 16.0 Å². The van der Waals surface area contributed by atoms with Crippen LogP contribution in [0.1, 0.15) is 31.7 Å². The van der Waals surface area contributed by atoms with Gasteiger partial charge in [-0.25, -0.2) is 0 Å². The number of amides is 1. The Morgan fingerprint density at radius 3 is 2.76 bits per heavy atom. The molecule has 1 aliphatic carbocycles. The Bertz CT molecular complexity index is 490. The Hall–Kier alpha value is -1.91. The molecule has 5 heteroatoms. The minimum atomic E-state index is -0.849. The monoisotopic (exact) mass is 290 g/mol. The second-order valence-corrected chi connectivity index (χ2v) is 5.70. The van der Waals surface area contributed by atoms with E-state index < -0.39 is 11.9 Å². The van der Waals surface area contributed by atoms with Gasteiger partial charge in [0, 0.05) is 18.9 Å². The molecule has 0 radical (unpaired) electrons. The van der Waals surface area contributed by atoms with Crippen LogP contribution in [0.25, 0.3) is 0 Å². The molecule has 1 aromatic heterocycles. The second kappa shape index (κ2) is 7.20. The van der Waals surface area contributed by atoms with Gasteiger partial charge in [-0.15, -0.1) is 0 Å². The number of nitrogens with one attached hydrogen (secondary N) is 1. The summed E-state index contributed by atoms with van der Waals surface area (Å²) < 4.78 is 0. The van der Waals surface area contributed by atoms with Crippen molar-refractivity contribution in [2.75, 3.05) is 6.54 Å². The van der Waals surface area contributed by atoms with Crippen molar-refractivity contribution in [3.05, 3.63) is 30.1 Å². The molecule has 3 atom stereocenters. The number of carboxylic acids is 1. The van der Waals surface area contributed by atoms with Gasteiger partial charge in [-0.1, -0.05) is 19.4 Å². The molecule has 0 spiro atoms. The summed E-state index contributed by atoms with van der Waals surface area (Å²) in [5, 5.41) is 12.1. The third-order valence-corrected chi connectivity index (χ3v) is 4.33. The van der Waals surface area contributed by atoms with Crippen LogP contribution in [-0.4, -0.2) is 28.5 Å². The summed E-state index contributed by atoms with van der Waals surface area (Å²) in [6, 6.07) is 3.82. The minimum absolute atomic E-state index is 0.123. The lowest BCUT2D eigenvalue weighted by Gasteiger charge is -2.15. The van der Waals surface area contributed by atoms with Gasteiger partial charge in [-0.05, 0) is 36.8 Å². The number of pyridine rings is 1. The third-order valence-electron chi connectivity index (χ3n) is 4.33. The molecular formula is C16H22N2O3. The zero-order valence-corrected chi connectivity index (χ0v) is 12.3. The van der Waals surface area contributed by atoms with E-state index in [-0.39, 0.29) is 11.8 Å².